The molecule has 1 heterocycles. The van der Waals surface area contributed by atoms with E-state index in [1.54, 1.807) is 0 Å². The minimum Gasteiger partial charge on any atom is -0.215 e. The van der Waals surface area contributed by atoms with Crippen molar-refractivity contribution in [3.8, 4) is 0 Å². The molecule has 9 heavy (non-hydrogen) atoms. The third-order valence-corrected chi connectivity index (χ3v) is 2.68. The lowest BCUT2D eigenvalue weighted by Gasteiger charge is -2.36. The Bertz CT molecular complexity index is 101. The Morgan fingerprint density at radius 1 is 1.33 bits per heavy atom. The maximum Gasteiger partial charge on any atom is 0.0306 e. The van der Waals surface area contributed by atoms with Crippen molar-refractivity contribution in [1.82, 2.24) is 4.42 Å². The number of nitrogens with zero attached hydrogens (tertiary/aromatic N) is 1. The molecule has 1 aliphatic rings. The van der Waals surface area contributed by atoms with Gasteiger partial charge in [-0.15, -0.1) is 0 Å². The summed E-state index contributed by atoms with van der Waals surface area (Å²) < 4.78 is 1.93. The lowest BCUT2D eigenvalue weighted by Crippen LogP contribution is -2.40. The third-order valence-electron chi connectivity index (χ3n) is 2.05. The van der Waals surface area contributed by atoms with Crippen LogP contribution in [-0.2, 0) is 0 Å². The Morgan fingerprint density at radius 2 is 2.00 bits per heavy atom. The zero-order valence-corrected chi connectivity index (χ0v) is 6.91. The van der Waals surface area contributed by atoms with Crippen LogP contribution < -0.4 is 0 Å². The summed E-state index contributed by atoms with van der Waals surface area (Å²) in [4.78, 5) is 0. The van der Waals surface area contributed by atoms with E-state index >= 15 is 0 Å². The van der Waals surface area contributed by atoms with Gasteiger partial charge in [-0.05, 0) is 38.5 Å². The molecule has 0 bridgehead atoms. The van der Waals surface area contributed by atoms with Crippen molar-refractivity contribution in [2.45, 2.75) is 38.6 Å². The van der Waals surface area contributed by atoms with Crippen LogP contribution >= 0.6 is 11.8 Å². The van der Waals surface area contributed by atoms with E-state index in [1.165, 1.54) is 19.3 Å². The highest BCUT2D eigenvalue weighted by atomic mass is 35.5. The van der Waals surface area contributed by atoms with Crippen LogP contribution in [0.4, 0.5) is 0 Å². The van der Waals surface area contributed by atoms with Gasteiger partial charge in [-0.3, -0.25) is 0 Å². The van der Waals surface area contributed by atoms with Gasteiger partial charge < -0.3 is 0 Å². The van der Waals surface area contributed by atoms with Crippen LogP contribution in [0.5, 0.6) is 0 Å². The van der Waals surface area contributed by atoms with E-state index in [9.17, 15) is 0 Å². The molecule has 0 saturated carbocycles. The highest BCUT2D eigenvalue weighted by Gasteiger charge is 2.27. The van der Waals surface area contributed by atoms with Gasteiger partial charge in [0.05, 0.1) is 0 Å². The van der Waals surface area contributed by atoms with Gasteiger partial charge in [0.1, 0.15) is 0 Å². The van der Waals surface area contributed by atoms with Crippen molar-refractivity contribution in [1.29, 1.82) is 0 Å². The van der Waals surface area contributed by atoms with E-state index in [0.717, 1.165) is 6.54 Å². The van der Waals surface area contributed by atoms with Crippen molar-refractivity contribution in [2.75, 3.05) is 6.54 Å². The fourth-order valence-electron chi connectivity index (χ4n) is 1.23. The summed E-state index contributed by atoms with van der Waals surface area (Å²) >= 11 is 5.94. The normalized spacial score (nSPS) is 28.3. The van der Waals surface area contributed by atoms with Crippen LogP contribution in [0.1, 0.15) is 33.1 Å². The van der Waals surface area contributed by atoms with Crippen LogP contribution in [0, 0.1) is 0 Å². The molecule has 1 aliphatic heterocycles. The van der Waals surface area contributed by atoms with Crippen LogP contribution in [0.15, 0.2) is 0 Å². The van der Waals surface area contributed by atoms with Gasteiger partial charge >= 0.3 is 0 Å². The standard InChI is InChI=1S/C7H14ClN/c1-7(2)5-3-4-6-9(7)8/h3-6H2,1-2H3. The Labute approximate surface area is 62.1 Å². The Kier molecular flexibility index (Phi) is 2.02. The lowest BCUT2D eigenvalue weighted by atomic mass is 9.93. The molecule has 0 amide bonds. The first-order valence-electron chi connectivity index (χ1n) is 3.56. The largest absolute Gasteiger partial charge is 0.215 e. The fraction of sp³-hybridized carbons (Fsp3) is 1.00. The average Bonchev–Trinajstić information content (AvgIpc) is 1.77. The van der Waals surface area contributed by atoms with E-state index in [4.69, 9.17) is 11.8 Å². The first kappa shape index (κ1) is 7.36. The van der Waals surface area contributed by atoms with E-state index in [1.807, 2.05) is 4.42 Å². The first-order valence-corrected chi connectivity index (χ1v) is 3.90. The maximum absolute atomic E-state index is 5.94. The van der Waals surface area contributed by atoms with Crippen molar-refractivity contribution >= 4 is 11.8 Å². The molecule has 1 fully saturated rings. The molecular formula is C7H14ClN. The number of hydrogen-bond acceptors (Lipinski definition) is 1. The molecule has 0 unspecified atom stereocenters. The van der Waals surface area contributed by atoms with Crippen LogP contribution in [-0.4, -0.2) is 16.5 Å². The van der Waals surface area contributed by atoms with Crippen molar-refractivity contribution < 1.29 is 0 Å². The molecule has 0 atom stereocenters. The average molecular weight is 148 g/mol. The molecule has 2 heteroatoms. The summed E-state index contributed by atoms with van der Waals surface area (Å²) in [6.07, 6.45) is 3.82. The Balaban J connectivity index is 2.49. The van der Waals surface area contributed by atoms with Crippen LogP contribution in [0.3, 0.4) is 0 Å². The SMILES string of the molecule is CC1(C)CCCCN1Cl. The third kappa shape index (κ3) is 1.59. The monoisotopic (exact) mass is 147 g/mol. The molecule has 0 N–H and O–H groups in total. The van der Waals surface area contributed by atoms with Crippen molar-refractivity contribution in [3.05, 3.63) is 0 Å². The van der Waals surface area contributed by atoms with E-state index < -0.39 is 0 Å². The highest BCUT2D eigenvalue weighted by molar-refractivity contribution is 6.13. The van der Waals surface area contributed by atoms with Gasteiger partial charge in [0.15, 0.2) is 0 Å². The molecular weight excluding hydrogens is 134 g/mol. The van der Waals surface area contributed by atoms with Gasteiger partial charge in [0, 0.05) is 12.1 Å². The van der Waals surface area contributed by atoms with Gasteiger partial charge in [0.2, 0.25) is 0 Å². The van der Waals surface area contributed by atoms with Gasteiger partial charge in [-0.2, -0.15) is 0 Å². The molecule has 1 saturated heterocycles. The zero-order chi connectivity index (χ0) is 6.91. The van der Waals surface area contributed by atoms with Gasteiger partial charge in [0.25, 0.3) is 0 Å². The van der Waals surface area contributed by atoms with Gasteiger partial charge in [-0.25, -0.2) is 4.42 Å². The summed E-state index contributed by atoms with van der Waals surface area (Å²) in [5, 5.41) is 0. The summed E-state index contributed by atoms with van der Waals surface area (Å²) in [6, 6.07) is 0. The van der Waals surface area contributed by atoms with Crippen LogP contribution in [0.25, 0.3) is 0 Å². The van der Waals surface area contributed by atoms with Crippen molar-refractivity contribution in [2.24, 2.45) is 0 Å². The minimum absolute atomic E-state index is 0.236. The fourth-order valence-corrected chi connectivity index (χ4v) is 1.44. The lowest BCUT2D eigenvalue weighted by molar-refractivity contribution is 0.176. The number of rotatable bonds is 0. The number of hydrogen-bond donors (Lipinski definition) is 0. The minimum atomic E-state index is 0.236. The molecule has 0 aromatic carbocycles. The molecule has 1 nitrogen and oxygen atoms in total. The Morgan fingerprint density at radius 3 is 2.33 bits per heavy atom. The summed E-state index contributed by atoms with van der Waals surface area (Å²) in [7, 11) is 0. The molecule has 54 valence electrons. The Hall–Kier alpha value is 0.250. The molecule has 0 spiro atoms. The van der Waals surface area contributed by atoms with E-state index in [0.29, 0.717) is 0 Å². The van der Waals surface area contributed by atoms with Gasteiger partial charge in [-0.1, -0.05) is 6.42 Å². The molecule has 0 radical (unpaired) electrons. The second kappa shape index (κ2) is 2.47. The van der Waals surface area contributed by atoms with Crippen molar-refractivity contribution in [3.63, 3.8) is 0 Å². The zero-order valence-electron chi connectivity index (χ0n) is 6.15. The molecule has 0 aromatic rings. The summed E-state index contributed by atoms with van der Waals surface area (Å²) in [6.45, 7) is 5.44. The number of halogens is 1. The topological polar surface area (TPSA) is 3.24 Å². The van der Waals surface area contributed by atoms with E-state index in [-0.39, 0.29) is 5.54 Å². The molecule has 0 aliphatic carbocycles. The first-order chi connectivity index (χ1) is 4.13. The molecule has 0 aromatic heterocycles. The second-order valence-corrected chi connectivity index (χ2v) is 3.76. The predicted molar refractivity (Wildman–Crippen MR) is 40.5 cm³/mol. The quantitative estimate of drug-likeness (QED) is 0.476. The van der Waals surface area contributed by atoms with E-state index in [2.05, 4.69) is 13.8 Å². The maximum atomic E-state index is 5.94. The predicted octanol–water partition coefficient (Wildman–Crippen LogP) is 2.40. The second-order valence-electron chi connectivity index (χ2n) is 3.36. The number of piperidine rings is 1. The smallest absolute Gasteiger partial charge is 0.0306 e. The summed E-state index contributed by atoms with van der Waals surface area (Å²) in [5.74, 6) is 0. The summed E-state index contributed by atoms with van der Waals surface area (Å²) in [5.41, 5.74) is 0.236. The highest BCUT2D eigenvalue weighted by Crippen LogP contribution is 2.28. The van der Waals surface area contributed by atoms with Crippen LogP contribution in [0.2, 0.25) is 0 Å². The molecule has 1 rings (SSSR count).